The normalized spacial score (nSPS) is 38.0. The van der Waals surface area contributed by atoms with Crippen LogP contribution in [0.4, 0.5) is 13.2 Å². The highest BCUT2D eigenvalue weighted by atomic mass is 19.4. The average Bonchev–Trinajstić information content (AvgIpc) is 3.65. The van der Waals surface area contributed by atoms with Crippen molar-refractivity contribution in [3.8, 4) is 0 Å². The Morgan fingerprint density at radius 1 is 0.717 bits per heavy atom. The number of amides is 4. The van der Waals surface area contributed by atoms with E-state index in [0.29, 0.717) is 6.42 Å². The predicted octanol–water partition coefficient (Wildman–Crippen LogP) is 0.397. The van der Waals surface area contributed by atoms with Crippen LogP contribution in [0.25, 0.3) is 0 Å². The standard InChI is InChI=1S/C15H19F3N2O4.C13H20N2O3.C11H16N2O5/c1-4-10-8(2)14(3,19-12(23)15(16,17)18)13(24-10)20-6-5-9(21)7-11(20)22;1-4-10-8(2)13(3,14)12(18-10)15-6-5-9(16)7-11(15)17;1-11(12)9(17)7(5-14)18-10(11)13-3-2-6(15)4-8(13)16/h5-6,8,10,13H,4,7H2,1-3H3,(H,19,23);5-6,8,10,12H,4,7,14H2,1-3H3;2-3,7,9-10,14,17H,4-5,12H2,1H3/t8-,10-,13-,14-;8-,10-,12-,13-;7-,9-,10-,11-/m111/s1. The zero-order valence-electron chi connectivity index (χ0n) is 34.5. The summed E-state index contributed by atoms with van der Waals surface area (Å²) < 4.78 is 55.1. The summed E-state index contributed by atoms with van der Waals surface area (Å²) in [5.41, 5.74) is 9.01. The van der Waals surface area contributed by atoms with Crippen LogP contribution in [-0.4, -0.2) is 138 Å². The van der Waals surface area contributed by atoms with Crippen molar-refractivity contribution in [1.29, 1.82) is 0 Å². The van der Waals surface area contributed by atoms with Gasteiger partial charge >= 0.3 is 12.1 Å². The summed E-state index contributed by atoms with van der Waals surface area (Å²) in [5, 5.41) is 21.0. The number of nitrogens with zero attached hydrogens (tertiary/aromatic N) is 3. The van der Waals surface area contributed by atoms with Crippen LogP contribution in [0.1, 0.15) is 80.6 Å². The van der Waals surface area contributed by atoms with Crippen LogP contribution in [0.5, 0.6) is 0 Å². The van der Waals surface area contributed by atoms with Crippen molar-refractivity contribution < 1.29 is 71.2 Å². The van der Waals surface area contributed by atoms with Gasteiger partial charge in [-0.25, -0.2) is 0 Å². The molecule has 334 valence electrons. The topological polar surface area (TPSA) is 261 Å². The second-order valence-corrected chi connectivity index (χ2v) is 16.3. The van der Waals surface area contributed by atoms with E-state index in [0.717, 1.165) is 11.3 Å². The molecule has 6 heterocycles. The molecule has 0 saturated carbocycles. The molecule has 0 spiro atoms. The van der Waals surface area contributed by atoms with Gasteiger partial charge in [-0.2, -0.15) is 13.2 Å². The van der Waals surface area contributed by atoms with Crippen LogP contribution in [0.2, 0.25) is 0 Å². The fourth-order valence-corrected chi connectivity index (χ4v) is 7.91. The molecule has 12 atom stereocenters. The van der Waals surface area contributed by atoms with E-state index in [-0.39, 0.29) is 48.8 Å². The van der Waals surface area contributed by atoms with Gasteiger partial charge in [-0.3, -0.25) is 48.3 Å². The summed E-state index contributed by atoms with van der Waals surface area (Å²) in [6, 6.07) is 0. The van der Waals surface area contributed by atoms with Crippen molar-refractivity contribution in [2.45, 2.75) is 146 Å². The van der Waals surface area contributed by atoms with Crippen molar-refractivity contribution in [2.24, 2.45) is 23.3 Å². The van der Waals surface area contributed by atoms with E-state index < -0.39 is 95.8 Å². The maximum atomic E-state index is 12.7. The molecule has 0 aromatic heterocycles. The molecule has 3 saturated heterocycles. The van der Waals surface area contributed by atoms with Crippen molar-refractivity contribution in [3.05, 3.63) is 36.8 Å². The fraction of sp³-hybridized carbons (Fsp3) is 0.667. The molecular formula is C39H55F3N6O12. The number of aliphatic hydroxyl groups is 2. The number of alkyl halides is 3. The summed E-state index contributed by atoms with van der Waals surface area (Å²) in [6.45, 7) is 12.0. The highest BCUT2D eigenvalue weighted by molar-refractivity contribution is 6.07. The third-order valence-corrected chi connectivity index (χ3v) is 12.0. The Morgan fingerprint density at radius 3 is 1.43 bits per heavy atom. The van der Waals surface area contributed by atoms with Gasteiger partial charge in [-0.15, -0.1) is 0 Å². The lowest BCUT2D eigenvalue weighted by molar-refractivity contribution is -0.178. The fourth-order valence-electron chi connectivity index (χ4n) is 7.91. The van der Waals surface area contributed by atoms with Crippen LogP contribution >= 0.6 is 0 Å². The van der Waals surface area contributed by atoms with E-state index in [1.807, 2.05) is 26.1 Å². The number of nitrogens with two attached hydrogens (primary N) is 2. The molecule has 21 heteroatoms. The molecule has 6 rings (SSSR count). The number of rotatable bonds is 7. The van der Waals surface area contributed by atoms with Crippen molar-refractivity contribution >= 4 is 41.0 Å². The van der Waals surface area contributed by atoms with Gasteiger partial charge in [0.15, 0.2) is 36.0 Å². The van der Waals surface area contributed by atoms with E-state index in [4.69, 9.17) is 30.8 Å². The Hall–Kier alpha value is -4.38. The van der Waals surface area contributed by atoms with Crippen LogP contribution in [0, 0.1) is 11.8 Å². The van der Waals surface area contributed by atoms with Gasteiger partial charge in [-0.1, -0.05) is 27.7 Å². The molecule has 0 aromatic carbocycles. The molecule has 0 aliphatic carbocycles. The number of carbonyl (C=O) groups is 7. The highest BCUT2D eigenvalue weighted by Gasteiger charge is 2.58. The number of ether oxygens (including phenoxy) is 3. The van der Waals surface area contributed by atoms with E-state index in [9.17, 15) is 51.8 Å². The molecule has 0 radical (unpaired) electrons. The second kappa shape index (κ2) is 18.3. The number of carbonyl (C=O) groups excluding carboxylic acids is 7. The molecule has 0 bridgehead atoms. The highest BCUT2D eigenvalue weighted by Crippen LogP contribution is 2.41. The Bertz CT molecular complexity index is 1730. The van der Waals surface area contributed by atoms with Crippen LogP contribution in [-0.2, 0) is 47.8 Å². The minimum Gasteiger partial charge on any atom is -0.394 e. The first-order valence-electron chi connectivity index (χ1n) is 19.5. The van der Waals surface area contributed by atoms with Crippen molar-refractivity contribution in [3.63, 3.8) is 0 Å². The Labute approximate surface area is 345 Å². The third kappa shape index (κ3) is 9.72. The molecule has 4 amide bonds. The SMILES string of the molecule is CC[C@H]1O[C@@H](N2C=CC(=O)CC2=O)[C@](C)(N)[C@@H]1C.CC[C@H]1O[C@@H](N2C=CC(=O)CC2=O)[C@](C)(NC(=O)C(F)(F)F)[C@@H]1C.C[C@@]1(N)[C@H](O)[C@@H](CO)O[C@H]1N1C=CC(=O)CC1=O. The number of halogens is 3. The number of hydrogen-bond donors (Lipinski definition) is 5. The van der Waals surface area contributed by atoms with Crippen molar-refractivity contribution in [1.82, 2.24) is 20.0 Å². The first kappa shape index (κ1) is 48.3. The zero-order chi connectivity index (χ0) is 45.3. The lowest BCUT2D eigenvalue weighted by Gasteiger charge is -2.39. The first-order valence-corrected chi connectivity index (χ1v) is 19.5. The smallest absolute Gasteiger partial charge is 0.394 e. The summed E-state index contributed by atoms with van der Waals surface area (Å²) >= 11 is 0. The second-order valence-electron chi connectivity index (χ2n) is 16.3. The first-order chi connectivity index (χ1) is 27.8. The van der Waals surface area contributed by atoms with Gasteiger partial charge in [0, 0.05) is 30.4 Å². The monoisotopic (exact) mass is 856 g/mol. The molecule has 60 heavy (non-hydrogen) atoms. The lowest BCUT2D eigenvalue weighted by Crippen LogP contribution is -2.63. The van der Waals surface area contributed by atoms with Crippen LogP contribution in [0.15, 0.2) is 36.8 Å². The molecule has 0 aromatic rings. The summed E-state index contributed by atoms with van der Waals surface area (Å²) in [6.07, 6.45) is -1.43. The summed E-state index contributed by atoms with van der Waals surface area (Å²) in [5.74, 6) is -4.52. The number of allylic oxidation sites excluding steroid dienone is 3. The van der Waals surface area contributed by atoms with E-state index in [1.165, 1.54) is 60.5 Å². The molecule has 6 aliphatic heterocycles. The quantitative estimate of drug-likeness (QED) is 0.217. The maximum Gasteiger partial charge on any atom is 0.471 e. The number of nitrogens with one attached hydrogen (secondary N) is 1. The van der Waals surface area contributed by atoms with E-state index in [2.05, 4.69) is 0 Å². The molecule has 18 nitrogen and oxygen atoms in total. The predicted molar refractivity (Wildman–Crippen MR) is 203 cm³/mol. The van der Waals surface area contributed by atoms with Crippen molar-refractivity contribution in [2.75, 3.05) is 6.61 Å². The third-order valence-electron chi connectivity index (χ3n) is 12.0. The summed E-state index contributed by atoms with van der Waals surface area (Å²) in [4.78, 5) is 84.5. The van der Waals surface area contributed by atoms with Gasteiger partial charge in [0.05, 0.1) is 54.7 Å². The van der Waals surface area contributed by atoms with E-state index >= 15 is 0 Å². The average molecular weight is 857 g/mol. The minimum atomic E-state index is -5.05. The van der Waals surface area contributed by atoms with Crippen LogP contribution < -0.4 is 16.8 Å². The molecule has 0 unspecified atom stereocenters. The van der Waals surface area contributed by atoms with Gasteiger partial charge < -0.3 is 41.2 Å². The molecule has 3 fully saturated rings. The van der Waals surface area contributed by atoms with Gasteiger partial charge in [-0.05, 0) is 51.8 Å². The largest absolute Gasteiger partial charge is 0.471 e. The summed E-state index contributed by atoms with van der Waals surface area (Å²) in [7, 11) is 0. The van der Waals surface area contributed by atoms with Gasteiger partial charge in [0.2, 0.25) is 17.7 Å². The molecule has 7 N–H and O–H groups in total. The Kier molecular flexibility index (Phi) is 14.7. The van der Waals surface area contributed by atoms with Crippen LogP contribution in [0.3, 0.4) is 0 Å². The number of aliphatic hydroxyl groups excluding tert-OH is 2. The maximum absolute atomic E-state index is 12.7. The molecule has 6 aliphatic rings. The number of ketones is 3. The van der Waals surface area contributed by atoms with Gasteiger partial charge in [0.25, 0.3) is 0 Å². The minimum absolute atomic E-state index is 0.0452. The molecular weight excluding hydrogens is 801 g/mol. The zero-order valence-corrected chi connectivity index (χ0v) is 34.5. The Balaban J connectivity index is 0.000000201. The Morgan fingerprint density at radius 2 is 1.08 bits per heavy atom. The lowest BCUT2D eigenvalue weighted by atomic mass is 9.83. The van der Waals surface area contributed by atoms with Gasteiger partial charge in [0.1, 0.15) is 12.2 Å². The van der Waals surface area contributed by atoms with E-state index in [1.54, 1.807) is 13.8 Å². The number of hydrogen-bond acceptors (Lipinski definition) is 14.